The number of hydrogen-bond acceptors (Lipinski definition) is 4. The maximum absolute atomic E-state index is 11.4. The van der Waals surface area contributed by atoms with Crippen molar-refractivity contribution in [3.05, 3.63) is 23.8 Å². The van der Waals surface area contributed by atoms with E-state index in [9.17, 15) is 9.90 Å². The number of rotatable bonds is 5. The van der Waals surface area contributed by atoms with Crippen molar-refractivity contribution in [1.29, 1.82) is 0 Å². The molecule has 0 heterocycles. The first-order chi connectivity index (χ1) is 8.10. The zero-order valence-corrected chi connectivity index (χ0v) is 10.4. The molecule has 0 fully saturated rings. The molecular weight excluding hydrogens is 220 g/mol. The number of phenolic OH excluding ortho intramolecular Hbond substituents is 1. The summed E-state index contributed by atoms with van der Waals surface area (Å²) in [5.41, 5.74) is 0.692. The van der Waals surface area contributed by atoms with E-state index in [1.165, 1.54) is 7.11 Å². The van der Waals surface area contributed by atoms with Crippen molar-refractivity contribution in [2.75, 3.05) is 13.7 Å². The molecule has 0 aliphatic rings. The summed E-state index contributed by atoms with van der Waals surface area (Å²) < 4.78 is 9.90. The van der Waals surface area contributed by atoms with E-state index in [2.05, 4.69) is 0 Å². The average molecular weight is 238 g/mol. The van der Waals surface area contributed by atoms with Gasteiger partial charge >= 0.3 is 5.97 Å². The van der Waals surface area contributed by atoms with Crippen molar-refractivity contribution in [2.24, 2.45) is 0 Å². The van der Waals surface area contributed by atoms with E-state index in [-0.39, 0.29) is 24.1 Å². The smallest absolute Gasteiger partial charge is 0.306 e. The van der Waals surface area contributed by atoms with E-state index >= 15 is 0 Å². The van der Waals surface area contributed by atoms with Gasteiger partial charge in [-0.25, -0.2) is 0 Å². The van der Waals surface area contributed by atoms with Crippen molar-refractivity contribution in [3.63, 3.8) is 0 Å². The van der Waals surface area contributed by atoms with Gasteiger partial charge in [0, 0.05) is 5.56 Å². The molecule has 0 aromatic heterocycles. The highest BCUT2D eigenvalue weighted by Crippen LogP contribution is 2.35. The minimum absolute atomic E-state index is 0.0896. The second-order valence-electron chi connectivity index (χ2n) is 3.81. The van der Waals surface area contributed by atoms with E-state index in [0.29, 0.717) is 17.9 Å². The summed E-state index contributed by atoms with van der Waals surface area (Å²) in [5, 5.41) is 9.92. The molecule has 0 spiro atoms. The van der Waals surface area contributed by atoms with Crippen LogP contribution in [-0.2, 0) is 9.53 Å². The SMILES string of the molecule is CCOC(=O)CC(C)c1cccc(OC)c1O. The van der Waals surface area contributed by atoms with Crippen LogP contribution in [0.15, 0.2) is 18.2 Å². The Kier molecular flexibility index (Phi) is 4.82. The highest BCUT2D eigenvalue weighted by atomic mass is 16.5. The monoisotopic (exact) mass is 238 g/mol. The van der Waals surface area contributed by atoms with Crippen molar-refractivity contribution >= 4 is 5.97 Å². The number of methoxy groups -OCH3 is 1. The van der Waals surface area contributed by atoms with Crippen LogP contribution in [0.1, 0.15) is 31.7 Å². The number of carbonyl (C=O) groups excluding carboxylic acids is 1. The summed E-state index contributed by atoms with van der Waals surface area (Å²) in [7, 11) is 1.49. The molecule has 4 nitrogen and oxygen atoms in total. The van der Waals surface area contributed by atoms with E-state index in [1.807, 2.05) is 6.92 Å². The third kappa shape index (κ3) is 3.37. The number of benzene rings is 1. The minimum Gasteiger partial charge on any atom is -0.504 e. The lowest BCUT2D eigenvalue weighted by atomic mass is 9.96. The lowest BCUT2D eigenvalue weighted by molar-refractivity contribution is -0.143. The van der Waals surface area contributed by atoms with Gasteiger partial charge in [0.05, 0.1) is 20.1 Å². The van der Waals surface area contributed by atoms with E-state index in [0.717, 1.165) is 0 Å². The van der Waals surface area contributed by atoms with Crippen LogP contribution in [0.4, 0.5) is 0 Å². The van der Waals surface area contributed by atoms with E-state index in [4.69, 9.17) is 9.47 Å². The van der Waals surface area contributed by atoms with Gasteiger partial charge in [0.25, 0.3) is 0 Å². The fraction of sp³-hybridized carbons (Fsp3) is 0.462. The Hall–Kier alpha value is -1.71. The first-order valence-corrected chi connectivity index (χ1v) is 5.61. The minimum atomic E-state index is -0.262. The molecule has 0 saturated carbocycles. The van der Waals surface area contributed by atoms with Crippen molar-refractivity contribution in [1.82, 2.24) is 0 Å². The van der Waals surface area contributed by atoms with Gasteiger partial charge in [-0.05, 0) is 18.9 Å². The molecule has 17 heavy (non-hydrogen) atoms. The Balaban J connectivity index is 2.81. The van der Waals surface area contributed by atoms with Crippen molar-refractivity contribution in [3.8, 4) is 11.5 Å². The summed E-state index contributed by atoms with van der Waals surface area (Å²) >= 11 is 0. The Bertz CT molecular complexity index is 387. The molecule has 0 amide bonds. The Morgan fingerprint density at radius 2 is 2.18 bits per heavy atom. The molecule has 0 radical (unpaired) electrons. The fourth-order valence-electron chi connectivity index (χ4n) is 1.68. The second-order valence-corrected chi connectivity index (χ2v) is 3.81. The van der Waals surface area contributed by atoms with Gasteiger partial charge in [-0.1, -0.05) is 19.1 Å². The van der Waals surface area contributed by atoms with Gasteiger partial charge < -0.3 is 14.6 Å². The lowest BCUT2D eigenvalue weighted by Gasteiger charge is -2.14. The van der Waals surface area contributed by atoms with Crippen LogP contribution in [0, 0.1) is 0 Å². The van der Waals surface area contributed by atoms with Gasteiger partial charge in [0.15, 0.2) is 11.5 Å². The number of esters is 1. The first-order valence-electron chi connectivity index (χ1n) is 5.61. The maximum Gasteiger partial charge on any atom is 0.306 e. The highest BCUT2D eigenvalue weighted by molar-refractivity contribution is 5.70. The largest absolute Gasteiger partial charge is 0.504 e. The molecule has 1 N–H and O–H groups in total. The molecule has 0 aliphatic heterocycles. The van der Waals surface area contributed by atoms with Gasteiger partial charge in [0.2, 0.25) is 0 Å². The Morgan fingerprint density at radius 1 is 1.47 bits per heavy atom. The summed E-state index contributed by atoms with van der Waals surface area (Å²) in [6.07, 6.45) is 0.245. The van der Waals surface area contributed by atoms with Gasteiger partial charge in [-0.3, -0.25) is 4.79 Å². The molecule has 0 saturated heterocycles. The molecule has 4 heteroatoms. The summed E-state index contributed by atoms with van der Waals surface area (Å²) in [4.78, 5) is 11.4. The summed E-state index contributed by atoms with van der Waals surface area (Å²) in [5.74, 6) is 0.136. The van der Waals surface area contributed by atoms with Crippen LogP contribution in [0.3, 0.4) is 0 Å². The lowest BCUT2D eigenvalue weighted by Crippen LogP contribution is -2.08. The predicted octanol–water partition coefficient (Wildman–Crippen LogP) is 2.46. The zero-order valence-electron chi connectivity index (χ0n) is 10.4. The molecule has 1 aromatic rings. The average Bonchev–Trinajstić information content (AvgIpc) is 2.29. The molecular formula is C13H18O4. The number of para-hydroxylation sites is 1. The predicted molar refractivity (Wildman–Crippen MR) is 64.3 cm³/mol. The third-order valence-corrected chi connectivity index (χ3v) is 2.56. The van der Waals surface area contributed by atoms with Gasteiger partial charge in [-0.15, -0.1) is 0 Å². The molecule has 1 atom stereocenters. The zero-order chi connectivity index (χ0) is 12.8. The van der Waals surface area contributed by atoms with Crippen LogP contribution in [0.5, 0.6) is 11.5 Å². The maximum atomic E-state index is 11.4. The fourth-order valence-corrected chi connectivity index (χ4v) is 1.68. The normalized spacial score (nSPS) is 11.9. The molecule has 1 aromatic carbocycles. The van der Waals surface area contributed by atoms with Gasteiger partial charge in [0.1, 0.15) is 0 Å². The molecule has 1 rings (SSSR count). The summed E-state index contributed by atoms with van der Waals surface area (Å²) in [6.45, 7) is 4.01. The topological polar surface area (TPSA) is 55.8 Å². The number of aromatic hydroxyl groups is 1. The quantitative estimate of drug-likeness (QED) is 0.800. The van der Waals surface area contributed by atoms with Crippen LogP contribution < -0.4 is 4.74 Å². The molecule has 1 unspecified atom stereocenters. The molecule has 0 bridgehead atoms. The highest BCUT2D eigenvalue weighted by Gasteiger charge is 2.17. The number of carbonyl (C=O) groups is 1. The first kappa shape index (κ1) is 13.4. The van der Waals surface area contributed by atoms with Crippen LogP contribution in [-0.4, -0.2) is 24.8 Å². The van der Waals surface area contributed by atoms with E-state index < -0.39 is 0 Å². The summed E-state index contributed by atoms with van der Waals surface area (Å²) in [6, 6.07) is 5.24. The third-order valence-electron chi connectivity index (χ3n) is 2.56. The molecule has 0 aliphatic carbocycles. The Labute approximate surface area is 101 Å². The van der Waals surface area contributed by atoms with Crippen molar-refractivity contribution in [2.45, 2.75) is 26.2 Å². The Morgan fingerprint density at radius 3 is 2.76 bits per heavy atom. The van der Waals surface area contributed by atoms with Gasteiger partial charge in [-0.2, -0.15) is 0 Å². The second kappa shape index (κ2) is 6.13. The molecule has 94 valence electrons. The van der Waals surface area contributed by atoms with E-state index in [1.54, 1.807) is 25.1 Å². The number of ether oxygens (including phenoxy) is 2. The van der Waals surface area contributed by atoms with Crippen LogP contribution in [0.2, 0.25) is 0 Å². The van der Waals surface area contributed by atoms with Crippen LogP contribution >= 0.6 is 0 Å². The van der Waals surface area contributed by atoms with Crippen molar-refractivity contribution < 1.29 is 19.4 Å². The number of phenols is 1. The number of hydrogen-bond donors (Lipinski definition) is 1. The standard InChI is InChI=1S/C13H18O4/c1-4-17-12(14)8-9(2)10-6-5-7-11(16-3)13(10)15/h5-7,9,15H,4,8H2,1-3H3. The van der Waals surface area contributed by atoms with Crippen LogP contribution in [0.25, 0.3) is 0 Å².